The number of aliphatic hydroxyl groups excluding tert-OH is 1. The van der Waals surface area contributed by atoms with Crippen LogP contribution in [0, 0.1) is 17.8 Å². The lowest BCUT2D eigenvalue weighted by atomic mass is 9.95. The molecular weight excluding hydrogens is 987 g/mol. The molecule has 27 heteroatoms. The fourth-order valence-corrected chi connectivity index (χ4v) is 7.55. The molecular formula is C48H71N11O16. The molecule has 1 aromatic heterocycles. The van der Waals surface area contributed by atoms with Gasteiger partial charge in [-0.25, -0.2) is 4.79 Å². The van der Waals surface area contributed by atoms with E-state index in [1.54, 1.807) is 52.0 Å². The van der Waals surface area contributed by atoms with E-state index in [0.29, 0.717) is 22.9 Å². The van der Waals surface area contributed by atoms with Gasteiger partial charge in [0, 0.05) is 24.9 Å². The van der Waals surface area contributed by atoms with E-state index >= 15 is 0 Å². The standard InChI is InChI=1S/C48H71N11O16/c1-10-24(6)39(46(72)54-31(17-35(49)63)43(69)53-32(18-37(65)66)44(70)55-33(48(74)75)15-22(2)3)58-45(71)38(23(4)5)57-47(73)40(26(8)61)56-36(64)19-50-41(67)25(7)51-42(68)30(52-27(9)62)16-28-20-59(21-60)34-14-12-11-13-29(28)34/h11-14,20-26,30-33,38-40,61H,10,15-19H2,1-9H3,(H2,49,63)(H,50,67)(H,51,68)(H,52,62)(H,53,69)(H,54,72)(H,55,70)(H,56,64)(H,57,73)(H,58,71)(H,65,66)(H,74,75)/t24-,25+,26-,30+,31+,32+,33+,38+,39+,40+/m1/s1. The van der Waals surface area contributed by atoms with Gasteiger partial charge in [-0.1, -0.05) is 66.2 Å². The fourth-order valence-electron chi connectivity index (χ4n) is 7.55. The first-order valence-corrected chi connectivity index (χ1v) is 24.1. The summed E-state index contributed by atoms with van der Waals surface area (Å²) in [6.45, 7) is 12.5. The Morgan fingerprint density at radius 3 is 1.69 bits per heavy atom. The van der Waals surface area contributed by atoms with Gasteiger partial charge >= 0.3 is 11.9 Å². The van der Waals surface area contributed by atoms with Gasteiger partial charge in [-0.2, -0.15) is 0 Å². The van der Waals surface area contributed by atoms with E-state index in [9.17, 15) is 77.6 Å². The predicted molar refractivity (Wildman–Crippen MR) is 267 cm³/mol. The molecule has 0 aliphatic rings. The van der Waals surface area contributed by atoms with Gasteiger partial charge in [0.15, 0.2) is 0 Å². The second-order valence-corrected chi connectivity index (χ2v) is 18.9. The largest absolute Gasteiger partial charge is 0.481 e. The molecule has 0 aliphatic carbocycles. The van der Waals surface area contributed by atoms with E-state index < -0.39 is 157 Å². The number of carboxylic acids is 2. The van der Waals surface area contributed by atoms with Crippen LogP contribution in [-0.4, -0.2) is 158 Å². The maximum absolute atomic E-state index is 13.9. The number of carbonyl (C=O) groups excluding carboxylic acids is 11. The van der Waals surface area contributed by atoms with Gasteiger partial charge in [-0.15, -0.1) is 0 Å². The number of carboxylic acid groups (broad SMARTS) is 2. The summed E-state index contributed by atoms with van der Waals surface area (Å²) in [5, 5.41) is 51.4. The maximum Gasteiger partial charge on any atom is 0.326 e. The number of nitrogens with two attached hydrogens (primary N) is 1. The Kier molecular flexibility index (Phi) is 25.0. The van der Waals surface area contributed by atoms with E-state index in [1.807, 2.05) is 0 Å². The summed E-state index contributed by atoms with van der Waals surface area (Å²) in [5.74, 6) is -14.4. The molecule has 414 valence electrons. The van der Waals surface area contributed by atoms with Crippen molar-refractivity contribution in [3.8, 4) is 0 Å². The minimum Gasteiger partial charge on any atom is -0.481 e. The number of aliphatic hydroxyl groups is 1. The second-order valence-electron chi connectivity index (χ2n) is 18.9. The van der Waals surface area contributed by atoms with Crippen LogP contribution in [0.25, 0.3) is 10.9 Å². The van der Waals surface area contributed by atoms with Crippen molar-refractivity contribution in [2.24, 2.45) is 23.5 Å². The highest BCUT2D eigenvalue weighted by atomic mass is 16.4. The monoisotopic (exact) mass is 1060 g/mol. The Morgan fingerprint density at radius 1 is 0.640 bits per heavy atom. The van der Waals surface area contributed by atoms with Crippen molar-refractivity contribution in [3.63, 3.8) is 0 Å². The molecule has 0 spiro atoms. The van der Waals surface area contributed by atoms with Gasteiger partial charge in [0.2, 0.25) is 65.5 Å². The molecule has 0 saturated heterocycles. The molecule has 2 rings (SSSR count). The first kappa shape index (κ1) is 63.1. The Bertz CT molecular complexity index is 2440. The zero-order valence-corrected chi connectivity index (χ0v) is 43.3. The van der Waals surface area contributed by atoms with Crippen LogP contribution in [-0.2, 0) is 68.7 Å². The van der Waals surface area contributed by atoms with Gasteiger partial charge in [0.1, 0.15) is 48.3 Å². The highest BCUT2D eigenvalue weighted by Crippen LogP contribution is 2.22. The third-order valence-electron chi connectivity index (χ3n) is 11.7. The number of hydrogen-bond donors (Lipinski definition) is 13. The highest BCUT2D eigenvalue weighted by Gasteiger charge is 2.37. The number of benzene rings is 1. The molecule has 0 saturated carbocycles. The van der Waals surface area contributed by atoms with Gasteiger partial charge in [0.25, 0.3) is 0 Å². The van der Waals surface area contributed by atoms with Crippen LogP contribution < -0.4 is 53.6 Å². The maximum atomic E-state index is 13.9. The Balaban J connectivity index is 2.18. The van der Waals surface area contributed by atoms with Crippen LogP contribution in [0.2, 0.25) is 0 Å². The van der Waals surface area contributed by atoms with Crippen molar-refractivity contribution in [2.45, 2.75) is 149 Å². The van der Waals surface area contributed by atoms with E-state index in [-0.39, 0.29) is 25.2 Å². The van der Waals surface area contributed by atoms with E-state index in [4.69, 9.17) is 5.73 Å². The Morgan fingerprint density at radius 2 is 1.17 bits per heavy atom. The SMILES string of the molecule is CC[C@@H](C)[C@H](NC(=O)[C@@H](NC(=O)[C@@H](NC(=O)CNC(=O)[C@H](C)NC(=O)[C@H](Cc1cn(C=O)c2ccccc12)NC(C)=O)[C@@H](C)O)C(C)C)C(=O)N[C@@H](CC(N)=O)C(=O)N[C@@H](CC(=O)O)C(=O)N[C@@H](CC(C)C)C(=O)O. The zero-order chi connectivity index (χ0) is 57.0. The van der Waals surface area contributed by atoms with Crippen LogP contribution in [0.4, 0.5) is 0 Å². The number of carbonyl (C=O) groups is 13. The van der Waals surface area contributed by atoms with Gasteiger partial charge in [-0.05, 0) is 49.7 Å². The van der Waals surface area contributed by atoms with Gasteiger partial charge in [0.05, 0.1) is 31.0 Å². The normalized spacial score (nSPS) is 15.1. The summed E-state index contributed by atoms with van der Waals surface area (Å²) < 4.78 is 1.32. The average Bonchev–Trinajstić information content (AvgIpc) is 3.68. The third-order valence-corrected chi connectivity index (χ3v) is 11.7. The lowest BCUT2D eigenvalue weighted by Gasteiger charge is -2.30. The van der Waals surface area contributed by atoms with Gasteiger partial charge in [-0.3, -0.25) is 62.1 Å². The number of fused-ring (bicyclic) bond motifs is 1. The number of rotatable bonds is 31. The molecule has 0 unspecified atom stereocenters. The molecule has 1 heterocycles. The van der Waals surface area contributed by atoms with E-state index in [0.717, 1.165) is 6.92 Å². The van der Waals surface area contributed by atoms with Crippen LogP contribution in [0.3, 0.4) is 0 Å². The lowest BCUT2D eigenvalue weighted by molar-refractivity contribution is -0.144. The summed E-state index contributed by atoms with van der Waals surface area (Å²) >= 11 is 0. The van der Waals surface area contributed by atoms with Crippen LogP contribution >= 0.6 is 0 Å². The molecule has 0 radical (unpaired) electrons. The molecule has 2 aromatic rings. The molecule has 75 heavy (non-hydrogen) atoms. The smallest absolute Gasteiger partial charge is 0.326 e. The zero-order valence-electron chi connectivity index (χ0n) is 43.3. The number of para-hydroxylation sites is 1. The van der Waals surface area contributed by atoms with Crippen molar-refractivity contribution < 1.29 is 77.6 Å². The van der Waals surface area contributed by atoms with Crippen molar-refractivity contribution in [3.05, 3.63) is 36.0 Å². The summed E-state index contributed by atoms with van der Waals surface area (Å²) in [6, 6.07) is -5.38. The topological polar surface area (TPSA) is 422 Å². The third kappa shape index (κ3) is 20.1. The van der Waals surface area contributed by atoms with Crippen LogP contribution in [0.1, 0.15) is 93.6 Å². The lowest BCUT2D eigenvalue weighted by Crippen LogP contribution is -2.62. The van der Waals surface area contributed by atoms with E-state index in [2.05, 4.69) is 47.9 Å². The summed E-state index contributed by atoms with van der Waals surface area (Å²) in [7, 11) is 0. The molecule has 10 atom stereocenters. The summed E-state index contributed by atoms with van der Waals surface area (Å²) in [6.07, 6.45) is -1.25. The summed E-state index contributed by atoms with van der Waals surface area (Å²) in [5.41, 5.74) is 6.49. The Hall–Kier alpha value is -7.97. The van der Waals surface area contributed by atoms with Crippen molar-refractivity contribution in [1.29, 1.82) is 0 Å². The summed E-state index contributed by atoms with van der Waals surface area (Å²) in [4.78, 5) is 167. The molecule has 10 amide bonds. The number of hydrogen-bond acceptors (Lipinski definition) is 14. The Labute approximate surface area is 432 Å². The number of nitrogens with one attached hydrogen (secondary N) is 9. The second kappa shape index (κ2) is 29.7. The average molecular weight is 1060 g/mol. The number of aromatic nitrogens is 1. The predicted octanol–water partition coefficient (Wildman–Crippen LogP) is -3.18. The highest BCUT2D eigenvalue weighted by molar-refractivity contribution is 6.00. The van der Waals surface area contributed by atoms with Crippen LogP contribution in [0.15, 0.2) is 30.5 Å². The number of nitrogens with zero attached hydrogens (tertiary/aromatic N) is 1. The van der Waals surface area contributed by atoms with Crippen molar-refractivity contribution in [1.82, 2.24) is 52.4 Å². The minimum atomic E-state index is -1.88. The molecule has 14 N–H and O–H groups in total. The molecule has 27 nitrogen and oxygen atoms in total. The van der Waals surface area contributed by atoms with Crippen molar-refractivity contribution >= 4 is 88.3 Å². The quantitative estimate of drug-likeness (QED) is 0.0331. The fraction of sp³-hybridized carbons (Fsp3) is 0.562. The minimum absolute atomic E-state index is 0.0449. The van der Waals surface area contributed by atoms with E-state index in [1.165, 1.54) is 38.5 Å². The molecule has 0 aliphatic heterocycles. The van der Waals surface area contributed by atoms with Crippen LogP contribution in [0.5, 0.6) is 0 Å². The molecule has 0 fully saturated rings. The number of primary amides is 1. The number of amides is 10. The van der Waals surface area contributed by atoms with Gasteiger partial charge < -0.3 is 68.9 Å². The first-order valence-electron chi connectivity index (χ1n) is 24.1. The number of aliphatic carboxylic acids is 2. The van der Waals surface area contributed by atoms with Crippen molar-refractivity contribution in [2.75, 3.05) is 6.54 Å². The molecule has 1 aromatic carbocycles. The molecule has 0 bridgehead atoms. The first-order chi connectivity index (χ1) is 35.0.